The van der Waals surface area contributed by atoms with Crippen molar-refractivity contribution in [2.45, 2.75) is 26.2 Å². The zero-order chi connectivity index (χ0) is 21.3. The first-order valence-electron chi connectivity index (χ1n) is 9.61. The van der Waals surface area contributed by atoms with Crippen LogP contribution in [0, 0.1) is 5.92 Å². The maximum Gasteiger partial charge on any atom is 0.339 e. The highest BCUT2D eigenvalue weighted by Gasteiger charge is 2.26. The van der Waals surface area contributed by atoms with Crippen LogP contribution >= 0.6 is 23.2 Å². The molecule has 0 bridgehead atoms. The monoisotopic (exact) mass is 443 g/mol. The summed E-state index contributed by atoms with van der Waals surface area (Å²) >= 11 is 11.8. The van der Waals surface area contributed by atoms with E-state index in [4.69, 9.17) is 32.9 Å². The summed E-state index contributed by atoms with van der Waals surface area (Å²) < 4.78 is 5.36. The number of benzene rings is 1. The molecule has 0 aliphatic heterocycles. The first kappa shape index (κ1) is 20.6. The minimum absolute atomic E-state index is 0.155. The molecule has 2 aromatic heterocycles. The van der Waals surface area contributed by atoms with Crippen molar-refractivity contribution in [3.8, 4) is 0 Å². The summed E-state index contributed by atoms with van der Waals surface area (Å²) in [6.45, 7) is 1.70. The van der Waals surface area contributed by atoms with Crippen molar-refractivity contribution in [2.24, 2.45) is 5.92 Å². The Morgan fingerprint density at radius 3 is 2.87 bits per heavy atom. The number of carbonyl (C=O) groups is 2. The number of carbonyl (C=O) groups excluding carboxylic acids is 2. The van der Waals surface area contributed by atoms with Crippen molar-refractivity contribution in [1.29, 1.82) is 0 Å². The first-order chi connectivity index (χ1) is 14.4. The van der Waals surface area contributed by atoms with Crippen LogP contribution in [0.15, 0.2) is 36.5 Å². The van der Waals surface area contributed by atoms with E-state index in [9.17, 15) is 9.59 Å². The molecular weight excluding hydrogens is 425 g/mol. The van der Waals surface area contributed by atoms with E-state index in [0.717, 1.165) is 41.4 Å². The van der Waals surface area contributed by atoms with E-state index in [1.807, 2.05) is 24.3 Å². The number of pyridine rings is 2. The van der Waals surface area contributed by atoms with Gasteiger partial charge in [0.15, 0.2) is 12.4 Å². The number of ether oxygens (including phenoxy) is 1. The maximum atomic E-state index is 13.0. The van der Waals surface area contributed by atoms with Gasteiger partial charge in [-0.15, -0.1) is 0 Å². The van der Waals surface area contributed by atoms with Gasteiger partial charge in [0, 0.05) is 17.3 Å². The molecule has 1 aliphatic rings. The lowest BCUT2D eigenvalue weighted by atomic mass is 9.84. The lowest BCUT2D eigenvalue weighted by molar-refractivity contribution is -0.119. The van der Waals surface area contributed by atoms with Crippen LogP contribution in [-0.2, 0) is 22.4 Å². The van der Waals surface area contributed by atoms with Gasteiger partial charge in [0.25, 0.3) is 5.91 Å². The molecule has 30 heavy (non-hydrogen) atoms. The lowest BCUT2D eigenvalue weighted by Gasteiger charge is -2.24. The van der Waals surface area contributed by atoms with Crippen molar-refractivity contribution in [1.82, 2.24) is 9.97 Å². The molecule has 0 radical (unpaired) electrons. The second-order valence-electron chi connectivity index (χ2n) is 7.39. The molecule has 6 nitrogen and oxygen atoms in total. The Bertz CT molecular complexity index is 1150. The van der Waals surface area contributed by atoms with Gasteiger partial charge in [-0.25, -0.2) is 9.78 Å². The Balaban J connectivity index is 1.56. The number of rotatable bonds is 4. The van der Waals surface area contributed by atoms with Crippen LogP contribution in [0.2, 0.25) is 10.0 Å². The number of esters is 1. The molecule has 0 saturated heterocycles. The number of aryl methyl sites for hydroxylation is 1. The van der Waals surface area contributed by atoms with Crippen LogP contribution in [0.5, 0.6) is 0 Å². The second kappa shape index (κ2) is 8.58. The summed E-state index contributed by atoms with van der Waals surface area (Å²) in [6.07, 6.45) is 3.98. The third-order valence-corrected chi connectivity index (χ3v) is 5.60. The third-order valence-electron chi connectivity index (χ3n) is 5.11. The summed E-state index contributed by atoms with van der Waals surface area (Å²) in [7, 11) is 0. The van der Waals surface area contributed by atoms with E-state index < -0.39 is 18.5 Å². The fraction of sp³-hybridized carbons (Fsp3) is 0.273. The molecule has 1 aliphatic carbocycles. The number of amides is 1. The number of para-hydroxylation sites is 1. The molecular formula is C22H19Cl2N3O3. The van der Waals surface area contributed by atoms with E-state index in [1.54, 1.807) is 0 Å². The molecule has 4 rings (SSSR count). The average molecular weight is 444 g/mol. The van der Waals surface area contributed by atoms with Gasteiger partial charge in [-0.05, 0) is 42.9 Å². The molecule has 1 atom stereocenters. The number of nitrogens with one attached hydrogen (secondary N) is 1. The van der Waals surface area contributed by atoms with Crippen molar-refractivity contribution in [3.05, 3.63) is 63.4 Å². The van der Waals surface area contributed by atoms with Gasteiger partial charge in [0.1, 0.15) is 0 Å². The fourth-order valence-electron chi connectivity index (χ4n) is 3.67. The predicted molar refractivity (Wildman–Crippen MR) is 116 cm³/mol. The van der Waals surface area contributed by atoms with Crippen molar-refractivity contribution < 1.29 is 14.3 Å². The summed E-state index contributed by atoms with van der Waals surface area (Å²) in [4.78, 5) is 34.0. The van der Waals surface area contributed by atoms with Gasteiger partial charge in [0.2, 0.25) is 0 Å². The van der Waals surface area contributed by atoms with Gasteiger partial charge >= 0.3 is 5.97 Å². The number of nitrogens with zero attached hydrogens (tertiary/aromatic N) is 2. The molecule has 8 heteroatoms. The van der Waals surface area contributed by atoms with Crippen LogP contribution in [0.3, 0.4) is 0 Å². The van der Waals surface area contributed by atoms with Crippen LogP contribution < -0.4 is 5.32 Å². The summed E-state index contributed by atoms with van der Waals surface area (Å²) in [5.41, 5.74) is 3.09. The molecule has 0 spiro atoms. The number of fused-ring (bicyclic) bond motifs is 2. The van der Waals surface area contributed by atoms with Crippen molar-refractivity contribution in [2.75, 3.05) is 11.9 Å². The van der Waals surface area contributed by atoms with Gasteiger partial charge in [-0.1, -0.05) is 48.3 Å². The number of halogens is 2. The SMILES string of the molecule is C[C@@H]1CCc2nc3ccccc3c(C(=O)OCC(=O)Nc3ncc(Cl)cc3Cl)c2C1. The highest BCUT2D eigenvalue weighted by atomic mass is 35.5. The van der Waals surface area contributed by atoms with E-state index in [-0.39, 0.29) is 10.8 Å². The Labute approximate surface area is 183 Å². The molecule has 3 aromatic rings. The van der Waals surface area contributed by atoms with Gasteiger partial charge in [-0.3, -0.25) is 9.78 Å². The largest absolute Gasteiger partial charge is 0.452 e. The Morgan fingerprint density at radius 1 is 1.27 bits per heavy atom. The predicted octanol–water partition coefficient (Wildman–Crippen LogP) is 4.86. The number of anilines is 1. The zero-order valence-corrected chi connectivity index (χ0v) is 17.8. The Hall–Kier alpha value is -2.70. The smallest absolute Gasteiger partial charge is 0.339 e. The van der Waals surface area contributed by atoms with E-state index >= 15 is 0 Å². The van der Waals surface area contributed by atoms with Crippen LogP contribution in [0.25, 0.3) is 10.9 Å². The minimum Gasteiger partial charge on any atom is -0.452 e. The van der Waals surface area contributed by atoms with Gasteiger partial charge < -0.3 is 10.1 Å². The number of hydrogen-bond acceptors (Lipinski definition) is 5. The molecule has 1 N–H and O–H groups in total. The molecule has 0 saturated carbocycles. The molecule has 154 valence electrons. The number of hydrogen-bond donors (Lipinski definition) is 1. The third kappa shape index (κ3) is 4.25. The van der Waals surface area contributed by atoms with Gasteiger partial charge in [-0.2, -0.15) is 0 Å². The normalized spacial score (nSPS) is 15.5. The van der Waals surface area contributed by atoms with Crippen molar-refractivity contribution >= 4 is 51.8 Å². The summed E-state index contributed by atoms with van der Waals surface area (Å²) in [5, 5.41) is 3.81. The maximum absolute atomic E-state index is 13.0. The van der Waals surface area contributed by atoms with E-state index in [1.165, 1.54) is 12.3 Å². The Morgan fingerprint density at radius 2 is 2.07 bits per heavy atom. The molecule has 0 unspecified atom stereocenters. The molecule has 0 fully saturated rings. The quantitative estimate of drug-likeness (QED) is 0.582. The lowest BCUT2D eigenvalue weighted by Crippen LogP contribution is -2.24. The highest BCUT2D eigenvalue weighted by Crippen LogP contribution is 2.32. The zero-order valence-electron chi connectivity index (χ0n) is 16.2. The molecule has 1 aromatic carbocycles. The molecule has 1 amide bonds. The summed E-state index contributed by atoms with van der Waals surface area (Å²) in [6, 6.07) is 8.95. The van der Waals surface area contributed by atoms with Crippen molar-refractivity contribution in [3.63, 3.8) is 0 Å². The topological polar surface area (TPSA) is 81.2 Å². The Kier molecular flexibility index (Phi) is 5.88. The van der Waals surface area contributed by atoms with Gasteiger partial charge in [0.05, 0.1) is 21.1 Å². The van der Waals surface area contributed by atoms with Crippen LogP contribution in [0.1, 0.15) is 35.0 Å². The summed E-state index contributed by atoms with van der Waals surface area (Å²) in [5.74, 6) is -0.471. The highest BCUT2D eigenvalue weighted by molar-refractivity contribution is 6.36. The average Bonchev–Trinajstić information content (AvgIpc) is 2.72. The number of aromatic nitrogens is 2. The van der Waals surface area contributed by atoms with E-state index in [0.29, 0.717) is 16.5 Å². The fourth-order valence-corrected chi connectivity index (χ4v) is 4.10. The minimum atomic E-state index is -0.541. The standard InChI is InChI=1S/C22H19Cl2N3O3/c1-12-6-7-18-15(8-12)20(14-4-2-3-5-17(14)26-18)22(29)30-11-19(28)27-21-16(24)9-13(23)10-25-21/h2-5,9-10,12H,6-8,11H2,1H3,(H,25,27,28)/t12-/m1/s1. The van der Waals surface area contributed by atoms with Crippen LogP contribution in [0.4, 0.5) is 5.82 Å². The van der Waals surface area contributed by atoms with E-state index in [2.05, 4.69) is 17.2 Å². The molecule has 2 heterocycles. The van der Waals surface area contributed by atoms with Crippen LogP contribution in [-0.4, -0.2) is 28.5 Å². The second-order valence-corrected chi connectivity index (χ2v) is 8.23. The first-order valence-corrected chi connectivity index (χ1v) is 10.4.